The van der Waals surface area contributed by atoms with Gasteiger partial charge in [0.1, 0.15) is 0 Å². The molecule has 0 amide bonds. The Morgan fingerprint density at radius 3 is 3.26 bits per heavy atom. The lowest BCUT2D eigenvalue weighted by molar-refractivity contribution is 0.369. The molecule has 0 saturated carbocycles. The van der Waals surface area contributed by atoms with Gasteiger partial charge in [0.25, 0.3) is 0 Å². The largest absolute Gasteiger partial charge is 0.313 e. The van der Waals surface area contributed by atoms with E-state index in [9.17, 15) is 0 Å². The van der Waals surface area contributed by atoms with E-state index in [2.05, 4.69) is 29.6 Å². The Balaban J connectivity index is 2.03. The van der Waals surface area contributed by atoms with Gasteiger partial charge in [-0.1, -0.05) is 6.92 Å². The van der Waals surface area contributed by atoms with Crippen molar-refractivity contribution in [2.24, 2.45) is 0 Å². The van der Waals surface area contributed by atoms with Crippen molar-refractivity contribution in [1.29, 1.82) is 0 Å². The molecule has 19 heavy (non-hydrogen) atoms. The summed E-state index contributed by atoms with van der Waals surface area (Å²) in [7, 11) is 0. The van der Waals surface area contributed by atoms with Crippen molar-refractivity contribution in [3.63, 3.8) is 0 Å². The highest BCUT2D eigenvalue weighted by molar-refractivity contribution is 7.10. The fourth-order valence-electron chi connectivity index (χ4n) is 3.14. The molecule has 1 aliphatic carbocycles. The molecular formula is C17H25NS. The van der Waals surface area contributed by atoms with Crippen LogP contribution >= 0.6 is 11.3 Å². The van der Waals surface area contributed by atoms with E-state index in [1.807, 2.05) is 11.3 Å². The van der Waals surface area contributed by atoms with Gasteiger partial charge in [-0.2, -0.15) is 0 Å². The summed E-state index contributed by atoms with van der Waals surface area (Å²) in [4.78, 5) is 1.62. The topological polar surface area (TPSA) is 12.0 Å². The van der Waals surface area contributed by atoms with E-state index < -0.39 is 0 Å². The SMILES string of the molecule is C#CCCCC(NCCC)C1CCCc2sccc21. The lowest BCUT2D eigenvalue weighted by Gasteiger charge is -2.31. The number of rotatable bonds is 7. The number of hydrogen-bond donors (Lipinski definition) is 1. The number of unbranched alkanes of at least 4 members (excludes halogenated alkanes) is 1. The summed E-state index contributed by atoms with van der Waals surface area (Å²) in [6, 6.07) is 2.97. The van der Waals surface area contributed by atoms with Crippen LogP contribution in [0, 0.1) is 12.3 Å². The van der Waals surface area contributed by atoms with Crippen molar-refractivity contribution in [3.05, 3.63) is 21.9 Å². The predicted molar refractivity (Wildman–Crippen MR) is 84.8 cm³/mol. The Morgan fingerprint density at radius 2 is 2.47 bits per heavy atom. The van der Waals surface area contributed by atoms with Crippen LogP contribution in [0.3, 0.4) is 0 Å². The highest BCUT2D eigenvalue weighted by atomic mass is 32.1. The van der Waals surface area contributed by atoms with Crippen molar-refractivity contribution in [2.75, 3.05) is 6.54 Å². The van der Waals surface area contributed by atoms with Crippen LogP contribution in [-0.2, 0) is 6.42 Å². The van der Waals surface area contributed by atoms with Crippen molar-refractivity contribution >= 4 is 11.3 Å². The summed E-state index contributed by atoms with van der Waals surface area (Å²) in [5.74, 6) is 3.48. The fraction of sp³-hybridized carbons (Fsp3) is 0.647. The van der Waals surface area contributed by atoms with Gasteiger partial charge in [0.15, 0.2) is 0 Å². The molecule has 0 saturated heterocycles. The number of hydrogen-bond acceptors (Lipinski definition) is 2. The van der Waals surface area contributed by atoms with Crippen LogP contribution in [0.2, 0.25) is 0 Å². The molecule has 1 nitrogen and oxygen atoms in total. The molecule has 104 valence electrons. The van der Waals surface area contributed by atoms with Gasteiger partial charge in [-0.15, -0.1) is 23.7 Å². The second kappa shape index (κ2) is 7.72. The minimum Gasteiger partial charge on any atom is -0.313 e. The number of nitrogens with one attached hydrogen (secondary N) is 1. The quantitative estimate of drug-likeness (QED) is 0.576. The van der Waals surface area contributed by atoms with E-state index in [-0.39, 0.29) is 0 Å². The number of terminal acetylenes is 1. The summed E-state index contributed by atoms with van der Waals surface area (Å²) in [6.45, 7) is 3.36. The van der Waals surface area contributed by atoms with Crippen molar-refractivity contribution < 1.29 is 0 Å². The van der Waals surface area contributed by atoms with Crippen LogP contribution in [-0.4, -0.2) is 12.6 Å². The Morgan fingerprint density at radius 1 is 1.58 bits per heavy atom. The van der Waals surface area contributed by atoms with Gasteiger partial charge in [0.2, 0.25) is 0 Å². The van der Waals surface area contributed by atoms with Gasteiger partial charge in [-0.05, 0) is 62.1 Å². The van der Waals surface area contributed by atoms with Crippen molar-refractivity contribution in [1.82, 2.24) is 5.32 Å². The van der Waals surface area contributed by atoms with Gasteiger partial charge >= 0.3 is 0 Å². The van der Waals surface area contributed by atoms with Gasteiger partial charge in [-0.25, -0.2) is 0 Å². The number of fused-ring (bicyclic) bond motifs is 1. The zero-order valence-corrected chi connectivity index (χ0v) is 12.8. The molecule has 1 aromatic rings. The summed E-state index contributed by atoms with van der Waals surface area (Å²) in [5.41, 5.74) is 1.62. The minimum atomic E-state index is 0.613. The Labute approximate surface area is 121 Å². The average Bonchev–Trinajstić information content (AvgIpc) is 2.91. The van der Waals surface area contributed by atoms with E-state index in [0.717, 1.165) is 19.4 Å². The molecule has 2 heteroatoms. The van der Waals surface area contributed by atoms with E-state index in [1.165, 1.54) is 32.1 Å². The zero-order valence-electron chi connectivity index (χ0n) is 12.0. The molecule has 1 aliphatic rings. The monoisotopic (exact) mass is 275 g/mol. The van der Waals surface area contributed by atoms with Crippen molar-refractivity contribution in [2.45, 2.75) is 63.8 Å². The van der Waals surface area contributed by atoms with Crippen LogP contribution < -0.4 is 5.32 Å². The molecule has 1 heterocycles. The summed E-state index contributed by atoms with van der Waals surface area (Å²) in [6.07, 6.45) is 13.8. The molecule has 0 spiro atoms. The fourth-order valence-corrected chi connectivity index (χ4v) is 4.14. The first-order valence-electron chi connectivity index (χ1n) is 7.60. The third-order valence-corrected chi connectivity index (χ3v) is 5.07. The molecule has 2 rings (SSSR count). The minimum absolute atomic E-state index is 0.613. The first kappa shape index (κ1) is 14.6. The van der Waals surface area contributed by atoms with Gasteiger partial charge in [-0.3, -0.25) is 0 Å². The van der Waals surface area contributed by atoms with E-state index >= 15 is 0 Å². The van der Waals surface area contributed by atoms with Crippen LogP contribution in [0.1, 0.15) is 61.8 Å². The molecule has 0 radical (unpaired) electrons. The third kappa shape index (κ3) is 3.84. The predicted octanol–water partition coefficient (Wildman–Crippen LogP) is 4.34. The molecule has 0 aromatic carbocycles. The lowest BCUT2D eigenvalue weighted by atomic mass is 9.80. The normalized spacial score (nSPS) is 19.7. The number of aryl methyl sites for hydroxylation is 1. The van der Waals surface area contributed by atoms with Crippen LogP contribution in [0.15, 0.2) is 11.4 Å². The second-order valence-electron chi connectivity index (χ2n) is 5.45. The first-order valence-corrected chi connectivity index (χ1v) is 8.48. The maximum atomic E-state index is 5.38. The van der Waals surface area contributed by atoms with E-state index in [4.69, 9.17) is 6.42 Å². The molecule has 1 N–H and O–H groups in total. The maximum absolute atomic E-state index is 5.38. The van der Waals surface area contributed by atoms with E-state index in [0.29, 0.717) is 12.0 Å². The van der Waals surface area contributed by atoms with Crippen LogP contribution in [0.25, 0.3) is 0 Å². The summed E-state index contributed by atoms with van der Waals surface area (Å²) >= 11 is 1.94. The number of thiophene rings is 1. The molecular weight excluding hydrogens is 250 g/mol. The molecule has 2 unspecified atom stereocenters. The second-order valence-corrected chi connectivity index (χ2v) is 6.46. The Bertz CT molecular complexity index is 415. The Kier molecular flexibility index (Phi) is 5.94. The molecule has 0 aliphatic heterocycles. The maximum Gasteiger partial charge on any atom is 0.0136 e. The average molecular weight is 275 g/mol. The molecule has 1 aromatic heterocycles. The highest BCUT2D eigenvalue weighted by Gasteiger charge is 2.27. The zero-order chi connectivity index (χ0) is 13.5. The molecule has 0 fully saturated rings. The van der Waals surface area contributed by atoms with Gasteiger partial charge in [0.05, 0.1) is 0 Å². The van der Waals surface area contributed by atoms with Crippen LogP contribution in [0.4, 0.5) is 0 Å². The first-order chi connectivity index (χ1) is 9.36. The van der Waals surface area contributed by atoms with E-state index in [1.54, 1.807) is 10.4 Å². The standard InChI is InChI=1S/C17H25NS/c1-3-5-6-9-16(18-12-4-2)14-8-7-10-17-15(14)11-13-19-17/h1,11,13-14,16,18H,4-10,12H2,2H3. The third-order valence-electron chi connectivity index (χ3n) is 4.08. The van der Waals surface area contributed by atoms with Gasteiger partial charge in [0, 0.05) is 23.3 Å². The Hall–Kier alpha value is -0.780. The smallest absolute Gasteiger partial charge is 0.0136 e. The molecule has 0 bridgehead atoms. The lowest BCUT2D eigenvalue weighted by Crippen LogP contribution is -2.36. The highest BCUT2D eigenvalue weighted by Crippen LogP contribution is 2.38. The van der Waals surface area contributed by atoms with Gasteiger partial charge < -0.3 is 5.32 Å². The summed E-state index contributed by atoms with van der Waals surface area (Å²) < 4.78 is 0. The van der Waals surface area contributed by atoms with Crippen LogP contribution in [0.5, 0.6) is 0 Å². The summed E-state index contributed by atoms with van der Waals surface area (Å²) in [5, 5.41) is 6.03. The molecule has 2 atom stereocenters. The van der Waals surface area contributed by atoms with Crippen molar-refractivity contribution in [3.8, 4) is 12.3 Å².